The van der Waals surface area contributed by atoms with Crippen LogP contribution in [0.15, 0.2) is 55.0 Å². The summed E-state index contributed by atoms with van der Waals surface area (Å²) in [4.78, 5) is 16.2. The lowest BCUT2D eigenvalue weighted by Gasteiger charge is -2.27. The number of pyridine rings is 1. The van der Waals surface area contributed by atoms with Crippen LogP contribution in [0.3, 0.4) is 0 Å². The Morgan fingerprint density at radius 2 is 1.95 bits per heavy atom. The minimum absolute atomic E-state index is 0.238. The number of aliphatic hydroxyl groups is 1. The van der Waals surface area contributed by atoms with Gasteiger partial charge in [0.05, 0.1) is 16.6 Å². The molecule has 2 aromatic heterocycles. The van der Waals surface area contributed by atoms with Crippen molar-refractivity contribution in [3.63, 3.8) is 0 Å². The zero-order valence-corrected chi connectivity index (χ0v) is 22.3. The summed E-state index contributed by atoms with van der Waals surface area (Å²) in [6, 6.07) is 12.5. The van der Waals surface area contributed by atoms with Crippen LogP contribution in [-0.4, -0.2) is 57.4 Å². The molecule has 0 bridgehead atoms. The summed E-state index contributed by atoms with van der Waals surface area (Å²) in [6.45, 7) is 6.13. The van der Waals surface area contributed by atoms with Gasteiger partial charge in [-0.2, -0.15) is 0 Å². The van der Waals surface area contributed by atoms with E-state index in [0.717, 1.165) is 85.4 Å². The number of aliphatic hydroxyl groups excluding tert-OH is 1. The third kappa shape index (κ3) is 5.24. The van der Waals surface area contributed by atoms with E-state index >= 15 is 0 Å². The fourth-order valence-corrected chi connectivity index (χ4v) is 5.87. The molecule has 4 heterocycles. The van der Waals surface area contributed by atoms with Crippen LogP contribution in [0.1, 0.15) is 41.9 Å². The number of nitrogens with zero attached hydrogens (tertiary/aromatic N) is 4. The van der Waals surface area contributed by atoms with Gasteiger partial charge in [-0.15, -0.1) is 0 Å². The first-order valence-corrected chi connectivity index (χ1v) is 13.7. The molecule has 0 radical (unpaired) electrons. The van der Waals surface area contributed by atoms with Gasteiger partial charge in [0.15, 0.2) is 0 Å². The number of fused-ring (bicyclic) bond motifs is 1. The van der Waals surface area contributed by atoms with Gasteiger partial charge in [0.2, 0.25) is 5.95 Å². The fraction of sp³-hybridized carbons (Fsp3) is 0.367. The molecule has 7 nitrogen and oxygen atoms in total. The maximum absolute atomic E-state index is 10.1. The number of aromatic nitrogens is 3. The van der Waals surface area contributed by atoms with Crippen LogP contribution in [0.2, 0.25) is 5.02 Å². The van der Waals surface area contributed by atoms with Crippen molar-refractivity contribution in [3.05, 3.63) is 76.7 Å². The monoisotopic (exact) mass is 529 g/mol. The molecule has 2 saturated heterocycles. The Morgan fingerprint density at radius 1 is 1.08 bits per heavy atom. The highest BCUT2D eigenvalue weighted by Crippen LogP contribution is 2.35. The molecule has 2 N–H and O–H groups in total. The van der Waals surface area contributed by atoms with Gasteiger partial charge in [-0.1, -0.05) is 23.7 Å². The summed E-state index contributed by atoms with van der Waals surface area (Å²) < 4.78 is 5.62. The summed E-state index contributed by atoms with van der Waals surface area (Å²) in [6.07, 6.45) is 8.11. The molecule has 1 atom stereocenters. The molecular weight excluding hydrogens is 498 g/mol. The number of ether oxygens (including phenoxy) is 1. The standard InChI is InChI=1S/C30H32ClN5O2/c1-19-6-10-32-15-26(19)25-4-5-28(31)27-16-33-30(35-29(25)27)34-22-2-3-24(20-8-12-38-13-9-20)21(14-22)17-36-11-7-23(37)18-36/h2-6,10,14-16,20,23,37H,7-9,11-13,17-18H2,1H3,(H,33,34,35). The molecule has 2 aliphatic heterocycles. The van der Waals surface area contributed by atoms with Gasteiger partial charge >= 0.3 is 0 Å². The predicted octanol–water partition coefficient (Wildman–Crippen LogP) is 5.86. The van der Waals surface area contributed by atoms with Crippen molar-refractivity contribution < 1.29 is 9.84 Å². The normalized spacial score (nSPS) is 18.8. The zero-order valence-electron chi connectivity index (χ0n) is 21.5. The number of hydrogen-bond donors (Lipinski definition) is 2. The lowest BCUT2D eigenvalue weighted by atomic mass is 9.88. The van der Waals surface area contributed by atoms with Crippen LogP contribution in [0, 0.1) is 6.92 Å². The van der Waals surface area contributed by atoms with Crippen molar-refractivity contribution in [3.8, 4) is 11.1 Å². The van der Waals surface area contributed by atoms with Crippen molar-refractivity contribution >= 4 is 34.1 Å². The number of nitrogens with one attached hydrogen (secondary N) is 1. The van der Waals surface area contributed by atoms with E-state index in [1.165, 1.54) is 11.1 Å². The minimum Gasteiger partial charge on any atom is -0.392 e. The molecular formula is C30H32ClN5O2. The van der Waals surface area contributed by atoms with E-state index < -0.39 is 0 Å². The first-order valence-electron chi connectivity index (χ1n) is 13.3. The highest BCUT2D eigenvalue weighted by Gasteiger charge is 2.24. The van der Waals surface area contributed by atoms with Gasteiger partial charge in [0.25, 0.3) is 0 Å². The lowest BCUT2D eigenvalue weighted by molar-refractivity contribution is 0.0850. The largest absolute Gasteiger partial charge is 0.392 e. The van der Waals surface area contributed by atoms with Gasteiger partial charge in [-0.25, -0.2) is 9.97 Å². The molecule has 2 aliphatic rings. The van der Waals surface area contributed by atoms with E-state index in [-0.39, 0.29) is 6.10 Å². The lowest BCUT2D eigenvalue weighted by Crippen LogP contribution is -2.23. The van der Waals surface area contributed by atoms with Crippen LogP contribution >= 0.6 is 11.6 Å². The van der Waals surface area contributed by atoms with E-state index in [4.69, 9.17) is 21.3 Å². The number of β-amino-alcohol motifs (C(OH)–C–C–N with tert-alkyl or cyclic N) is 1. The SMILES string of the molecule is Cc1ccncc1-c1ccc(Cl)c2cnc(Nc3ccc(C4CCOCC4)c(CN4CCC(O)C4)c3)nc12. The second-order valence-electron chi connectivity index (χ2n) is 10.3. The summed E-state index contributed by atoms with van der Waals surface area (Å²) in [5.41, 5.74) is 7.51. The number of benzene rings is 2. The zero-order chi connectivity index (χ0) is 26.1. The van der Waals surface area contributed by atoms with Gasteiger partial charge < -0.3 is 15.2 Å². The third-order valence-corrected chi connectivity index (χ3v) is 8.06. The molecule has 8 heteroatoms. The van der Waals surface area contributed by atoms with Gasteiger partial charge in [0, 0.05) is 73.6 Å². The molecule has 0 saturated carbocycles. The molecule has 0 amide bonds. The Labute approximate surface area is 227 Å². The maximum atomic E-state index is 10.1. The molecule has 0 spiro atoms. The van der Waals surface area contributed by atoms with Gasteiger partial charge in [0.1, 0.15) is 0 Å². The van der Waals surface area contributed by atoms with E-state index in [1.807, 2.05) is 24.4 Å². The number of aryl methyl sites for hydroxylation is 1. The molecule has 0 aliphatic carbocycles. The Kier molecular flexibility index (Phi) is 7.26. The minimum atomic E-state index is -0.238. The highest BCUT2D eigenvalue weighted by molar-refractivity contribution is 6.35. The van der Waals surface area contributed by atoms with E-state index in [0.29, 0.717) is 16.9 Å². The fourth-order valence-electron chi connectivity index (χ4n) is 5.66. The van der Waals surface area contributed by atoms with Crippen LogP contribution in [0.5, 0.6) is 0 Å². The van der Waals surface area contributed by atoms with Crippen LogP contribution in [0.4, 0.5) is 11.6 Å². The second kappa shape index (κ2) is 10.9. The molecule has 196 valence electrons. The average molecular weight is 530 g/mol. The van der Waals surface area contributed by atoms with Crippen molar-refractivity contribution in [2.45, 2.75) is 44.8 Å². The highest BCUT2D eigenvalue weighted by atomic mass is 35.5. The van der Waals surface area contributed by atoms with Crippen molar-refractivity contribution in [1.82, 2.24) is 19.9 Å². The number of anilines is 2. The summed E-state index contributed by atoms with van der Waals surface area (Å²) in [5.74, 6) is 1.01. The Hall–Kier alpha value is -3.10. The topological polar surface area (TPSA) is 83.4 Å². The predicted molar refractivity (Wildman–Crippen MR) is 151 cm³/mol. The van der Waals surface area contributed by atoms with Gasteiger partial charge in [-0.05, 0) is 73.1 Å². The molecule has 2 aromatic carbocycles. The first-order chi connectivity index (χ1) is 18.5. The summed E-state index contributed by atoms with van der Waals surface area (Å²) in [5, 5.41) is 14.9. The number of likely N-dealkylation sites (tertiary alicyclic amines) is 1. The number of hydrogen-bond acceptors (Lipinski definition) is 7. The second-order valence-corrected chi connectivity index (χ2v) is 10.8. The van der Waals surface area contributed by atoms with Crippen LogP contribution in [-0.2, 0) is 11.3 Å². The molecule has 6 rings (SSSR count). The number of halogens is 1. The molecule has 2 fully saturated rings. The van der Waals surface area contributed by atoms with Gasteiger partial charge in [-0.3, -0.25) is 9.88 Å². The summed E-state index contributed by atoms with van der Waals surface area (Å²) in [7, 11) is 0. The van der Waals surface area contributed by atoms with Crippen molar-refractivity contribution in [2.24, 2.45) is 0 Å². The van der Waals surface area contributed by atoms with Crippen LogP contribution < -0.4 is 5.32 Å². The van der Waals surface area contributed by atoms with Crippen molar-refractivity contribution in [1.29, 1.82) is 0 Å². The van der Waals surface area contributed by atoms with E-state index in [1.54, 1.807) is 12.4 Å². The third-order valence-electron chi connectivity index (χ3n) is 7.73. The molecule has 38 heavy (non-hydrogen) atoms. The number of rotatable bonds is 6. The first kappa shape index (κ1) is 25.2. The molecule has 1 unspecified atom stereocenters. The van der Waals surface area contributed by atoms with Crippen LogP contribution in [0.25, 0.3) is 22.0 Å². The van der Waals surface area contributed by atoms with E-state index in [2.05, 4.69) is 45.3 Å². The quantitative estimate of drug-likeness (QED) is 0.324. The Balaban J connectivity index is 1.34. The van der Waals surface area contributed by atoms with Crippen molar-refractivity contribution in [2.75, 3.05) is 31.6 Å². The summed E-state index contributed by atoms with van der Waals surface area (Å²) >= 11 is 6.52. The Morgan fingerprint density at radius 3 is 2.74 bits per heavy atom. The smallest absolute Gasteiger partial charge is 0.227 e. The van der Waals surface area contributed by atoms with E-state index in [9.17, 15) is 5.11 Å². The maximum Gasteiger partial charge on any atom is 0.227 e. The Bertz CT molecular complexity index is 1460. The molecule has 4 aromatic rings. The average Bonchev–Trinajstić information content (AvgIpc) is 3.34.